The predicted octanol–water partition coefficient (Wildman–Crippen LogP) is 2.50. The minimum absolute atomic E-state index is 0.0878. The van der Waals surface area contributed by atoms with Crippen LogP contribution in [0, 0.1) is 0 Å². The molecule has 1 heterocycles. The smallest absolute Gasteiger partial charge is 0.336 e. The first kappa shape index (κ1) is 13.8. The minimum Gasteiger partial charge on any atom is -0.466 e. The summed E-state index contributed by atoms with van der Waals surface area (Å²) in [4.78, 5) is 23.6. The summed E-state index contributed by atoms with van der Waals surface area (Å²) in [6.07, 6.45) is 0.248. The predicted molar refractivity (Wildman–Crippen MR) is 74.4 cm³/mol. The summed E-state index contributed by atoms with van der Waals surface area (Å²) >= 11 is 3.40. The van der Waals surface area contributed by atoms with Crippen molar-refractivity contribution in [3.63, 3.8) is 0 Å². The van der Waals surface area contributed by atoms with Crippen LogP contribution < -0.4 is 5.32 Å². The number of hydrogen-bond donors (Lipinski definition) is 1. The third-order valence-corrected chi connectivity index (χ3v) is 3.62. The van der Waals surface area contributed by atoms with E-state index in [0.717, 1.165) is 10.0 Å². The molecule has 1 atom stereocenters. The van der Waals surface area contributed by atoms with Crippen molar-refractivity contribution >= 4 is 27.8 Å². The molecule has 1 aromatic rings. The average molecular weight is 324 g/mol. The Kier molecular flexibility index (Phi) is 4.04. The Morgan fingerprint density at radius 1 is 1.47 bits per heavy atom. The maximum absolute atomic E-state index is 11.9. The van der Waals surface area contributed by atoms with Gasteiger partial charge in [-0.15, -0.1) is 0 Å². The molecule has 0 radical (unpaired) electrons. The van der Waals surface area contributed by atoms with E-state index in [9.17, 15) is 9.59 Å². The van der Waals surface area contributed by atoms with Crippen LogP contribution in [0.15, 0.2) is 40.0 Å². The van der Waals surface area contributed by atoms with E-state index >= 15 is 0 Å². The van der Waals surface area contributed by atoms with Crippen LogP contribution in [-0.4, -0.2) is 19.0 Å². The van der Waals surface area contributed by atoms with Crippen LogP contribution in [0.4, 0.5) is 0 Å². The second-order valence-electron chi connectivity index (χ2n) is 4.39. The first-order valence-corrected chi connectivity index (χ1v) is 6.66. The molecule has 19 heavy (non-hydrogen) atoms. The topological polar surface area (TPSA) is 55.4 Å². The van der Waals surface area contributed by atoms with Crippen LogP contribution in [0.3, 0.4) is 0 Å². The molecule has 1 amide bonds. The van der Waals surface area contributed by atoms with Crippen molar-refractivity contribution in [2.45, 2.75) is 19.3 Å². The molecular formula is C14H14BrNO3. The Labute approximate surface area is 120 Å². The van der Waals surface area contributed by atoms with Gasteiger partial charge in [-0.2, -0.15) is 0 Å². The molecule has 1 N–H and O–H groups in total. The lowest BCUT2D eigenvalue weighted by molar-refractivity contribution is -0.136. The third kappa shape index (κ3) is 2.87. The van der Waals surface area contributed by atoms with E-state index in [4.69, 9.17) is 4.74 Å². The van der Waals surface area contributed by atoms with Gasteiger partial charge in [0.2, 0.25) is 5.91 Å². The molecule has 0 aliphatic carbocycles. The van der Waals surface area contributed by atoms with Gasteiger partial charge >= 0.3 is 5.97 Å². The number of ether oxygens (including phenoxy) is 1. The van der Waals surface area contributed by atoms with Crippen molar-refractivity contribution in [3.8, 4) is 0 Å². The fourth-order valence-corrected chi connectivity index (χ4v) is 2.71. The number of halogens is 1. The first-order chi connectivity index (χ1) is 9.02. The van der Waals surface area contributed by atoms with Crippen LogP contribution in [-0.2, 0) is 14.3 Å². The first-order valence-electron chi connectivity index (χ1n) is 5.87. The summed E-state index contributed by atoms with van der Waals surface area (Å²) in [5.41, 5.74) is 2.00. The number of hydrogen-bond acceptors (Lipinski definition) is 3. The van der Waals surface area contributed by atoms with Crippen LogP contribution in [0.1, 0.15) is 24.8 Å². The minimum atomic E-state index is -0.400. The van der Waals surface area contributed by atoms with E-state index in [1.54, 1.807) is 6.92 Å². The van der Waals surface area contributed by atoms with Crippen molar-refractivity contribution in [1.29, 1.82) is 0 Å². The SMILES string of the molecule is COC(=O)C1=C(C)NC(=O)C[C@H]1c1cccc(Br)c1. The van der Waals surface area contributed by atoms with Gasteiger partial charge in [-0.3, -0.25) is 4.79 Å². The van der Waals surface area contributed by atoms with Gasteiger partial charge in [0.25, 0.3) is 0 Å². The standard InChI is InChI=1S/C14H14BrNO3/c1-8-13(14(18)19-2)11(7-12(17)16-8)9-4-3-5-10(15)6-9/h3-6,11H,7H2,1-2H3,(H,16,17)/t11-/m0/s1. The lowest BCUT2D eigenvalue weighted by Gasteiger charge is -2.26. The zero-order valence-corrected chi connectivity index (χ0v) is 12.3. The van der Waals surface area contributed by atoms with Gasteiger partial charge in [-0.05, 0) is 24.6 Å². The molecule has 1 aliphatic rings. The molecule has 100 valence electrons. The van der Waals surface area contributed by atoms with Crippen LogP contribution in [0.25, 0.3) is 0 Å². The normalized spacial score (nSPS) is 19.1. The summed E-state index contributed by atoms with van der Waals surface area (Å²) in [5, 5.41) is 2.69. The average Bonchev–Trinajstić information content (AvgIpc) is 2.37. The lowest BCUT2D eigenvalue weighted by atomic mass is 9.84. The molecule has 4 nitrogen and oxygen atoms in total. The molecule has 0 unspecified atom stereocenters. The lowest BCUT2D eigenvalue weighted by Crippen LogP contribution is -2.34. The molecule has 0 spiro atoms. The summed E-state index contributed by atoms with van der Waals surface area (Å²) in [6.45, 7) is 1.72. The van der Waals surface area contributed by atoms with Crippen LogP contribution in [0.2, 0.25) is 0 Å². The Morgan fingerprint density at radius 2 is 2.21 bits per heavy atom. The number of benzene rings is 1. The molecular weight excluding hydrogens is 310 g/mol. The van der Waals surface area contributed by atoms with Crippen molar-refractivity contribution in [3.05, 3.63) is 45.6 Å². The highest BCUT2D eigenvalue weighted by atomic mass is 79.9. The molecule has 2 rings (SSSR count). The number of rotatable bonds is 2. The molecule has 0 saturated heterocycles. The molecule has 1 aromatic carbocycles. The zero-order valence-electron chi connectivity index (χ0n) is 10.7. The summed E-state index contributed by atoms with van der Waals surface area (Å²) < 4.78 is 5.73. The molecule has 1 aliphatic heterocycles. The fraction of sp³-hybridized carbons (Fsp3) is 0.286. The van der Waals surface area contributed by atoms with E-state index in [2.05, 4.69) is 21.2 Å². The van der Waals surface area contributed by atoms with Crippen molar-refractivity contribution in [1.82, 2.24) is 5.32 Å². The van der Waals surface area contributed by atoms with Gasteiger partial charge in [0.15, 0.2) is 0 Å². The number of amides is 1. The van der Waals surface area contributed by atoms with Gasteiger partial charge in [-0.1, -0.05) is 28.1 Å². The molecule has 0 saturated carbocycles. The third-order valence-electron chi connectivity index (χ3n) is 3.13. The van der Waals surface area contributed by atoms with Gasteiger partial charge < -0.3 is 10.1 Å². The number of nitrogens with one attached hydrogen (secondary N) is 1. The van der Waals surface area contributed by atoms with Gasteiger partial charge in [0.05, 0.1) is 12.7 Å². The van der Waals surface area contributed by atoms with E-state index in [1.165, 1.54) is 7.11 Å². The largest absolute Gasteiger partial charge is 0.466 e. The summed E-state index contributed by atoms with van der Waals surface area (Å²) in [7, 11) is 1.34. The van der Waals surface area contributed by atoms with Crippen molar-refractivity contribution in [2.75, 3.05) is 7.11 Å². The maximum atomic E-state index is 11.9. The Morgan fingerprint density at radius 3 is 2.84 bits per heavy atom. The molecule has 0 fully saturated rings. The molecule has 0 aromatic heterocycles. The number of carbonyl (C=O) groups excluding carboxylic acids is 2. The maximum Gasteiger partial charge on any atom is 0.336 e. The Hall–Kier alpha value is -1.62. The fourth-order valence-electron chi connectivity index (χ4n) is 2.29. The Balaban J connectivity index is 2.49. The van der Waals surface area contributed by atoms with Gasteiger partial charge in [0.1, 0.15) is 0 Å². The van der Waals surface area contributed by atoms with E-state index in [1.807, 2.05) is 24.3 Å². The quantitative estimate of drug-likeness (QED) is 0.851. The second kappa shape index (κ2) is 5.57. The van der Waals surface area contributed by atoms with Crippen molar-refractivity contribution < 1.29 is 14.3 Å². The summed E-state index contributed by atoms with van der Waals surface area (Å²) in [6, 6.07) is 7.61. The molecule has 0 bridgehead atoms. The van der Waals surface area contributed by atoms with E-state index < -0.39 is 5.97 Å². The highest BCUT2D eigenvalue weighted by Gasteiger charge is 2.32. The highest BCUT2D eigenvalue weighted by Crippen LogP contribution is 2.34. The number of allylic oxidation sites excluding steroid dienone is 1. The number of methoxy groups -OCH3 is 1. The van der Waals surface area contributed by atoms with Crippen molar-refractivity contribution in [2.24, 2.45) is 0 Å². The highest BCUT2D eigenvalue weighted by molar-refractivity contribution is 9.10. The Bertz CT molecular complexity index is 566. The van der Waals surface area contributed by atoms with Crippen LogP contribution >= 0.6 is 15.9 Å². The van der Waals surface area contributed by atoms with Crippen LogP contribution in [0.5, 0.6) is 0 Å². The van der Waals surface area contributed by atoms with E-state index in [-0.39, 0.29) is 18.2 Å². The summed E-state index contributed by atoms with van der Waals surface area (Å²) in [5.74, 6) is -0.753. The van der Waals surface area contributed by atoms with Gasteiger partial charge in [-0.25, -0.2) is 4.79 Å². The van der Waals surface area contributed by atoms with E-state index in [0.29, 0.717) is 11.3 Å². The molecule has 5 heteroatoms. The second-order valence-corrected chi connectivity index (χ2v) is 5.31. The number of carbonyl (C=O) groups is 2. The number of esters is 1. The zero-order chi connectivity index (χ0) is 14.0. The monoisotopic (exact) mass is 323 g/mol. The van der Waals surface area contributed by atoms with Gasteiger partial charge in [0, 0.05) is 22.5 Å².